The van der Waals surface area contributed by atoms with Crippen LogP contribution in [0.25, 0.3) is 5.57 Å². The van der Waals surface area contributed by atoms with E-state index in [0.29, 0.717) is 37.6 Å². The van der Waals surface area contributed by atoms with E-state index in [1.807, 2.05) is 24.3 Å². The number of nitrogens with zero attached hydrogens (tertiary/aromatic N) is 4. The molecular weight excluding hydrogens is 384 g/mol. The van der Waals surface area contributed by atoms with E-state index < -0.39 is 0 Å². The fourth-order valence-corrected chi connectivity index (χ4v) is 4.17. The molecule has 3 aliphatic heterocycles. The highest BCUT2D eigenvalue weighted by Crippen LogP contribution is 2.32. The van der Waals surface area contributed by atoms with Crippen molar-refractivity contribution in [2.24, 2.45) is 0 Å². The van der Waals surface area contributed by atoms with Crippen molar-refractivity contribution in [3.63, 3.8) is 0 Å². The second-order valence-electron chi connectivity index (χ2n) is 7.96. The van der Waals surface area contributed by atoms with Gasteiger partial charge in [0.05, 0.1) is 25.9 Å². The van der Waals surface area contributed by atoms with Gasteiger partial charge in [0.1, 0.15) is 11.4 Å². The molecular formula is C22H30N4O4. The van der Waals surface area contributed by atoms with Gasteiger partial charge in [0.15, 0.2) is 0 Å². The molecule has 4 rings (SSSR count). The normalized spacial score (nSPS) is 21.7. The lowest BCUT2D eigenvalue weighted by Gasteiger charge is -2.34. The largest absolute Gasteiger partial charge is 0.497 e. The molecule has 0 radical (unpaired) electrons. The lowest BCUT2D eigenvalue weighted by Crippen LogP contribution is -2.47. The smallest absolute Gasteiger partial charge is 0.277 e. The third-order valence-corrected chi connectivity index (χ3v) is 6.09. The van der Waals surface area contributed by atoms with Crippen LogP contribution in [0.2, 0.25) is 0 Å². The highest BCUT2D eigenvalue weighted by molar-refractivity contribution is 6.35. The summed E-state index contributed by atoms with van der Waals surface area (Å²) in [5.74, 6) is 0.345. The molecule has 0 N–H and O–H groups in total. The summed E-state index contributed by atoms with van der Waals surface area (Å²) in [6.07, 6.45) is 0. The fraction of sp³-hybridized carbons (Fsp3) is 0.545. The van der Waals surface area contributed by atoms with Gasteiger partial charge in [-0.1, -0.05) is 12.1 Å². The molecule has 0 unspecified atom stereocenters. The summed E-state index contributed by atoms with van der Waals surface area (Å²) in [5, 5.41) is 0. The lowest BCUT2D eigenvalue weighted by atomic mass is 10.0. The van der Waals surface area contributed by atoms with Crippen molar-refractivity contribution in [2.45, 2.75) is 0 Å². The average molecular weight is 415 g/mol. The first-order valence-electron chi connectivity index (χ1n) is 10.6. The Balaban J connectivity index is 1.60. The van der Waals surface area contributed by atoms with Crippen LogP contribution in [0.5, 0.6) is 5.75 Å². The molecule has 0 bridgehead atoms. The molecule has 8 nitrogen and oxygen atoms in total. The van der Waals surface area contributed by atoms with Crippen molar-refractivity contribution in [1.29, 1.82) is 0 Å². The average Bonchev–Trinajstić information content (AvgIpc) is 3.03. The maximum atomic E-state index is 13.4. The summed E-state index contributed by atoms with van der Waals surface area (Å²) in [7, 11) is 3.69. The molecule has 1 aromatic carbocycles. The van der Waals surface area contributed by atoms with Crippen LogP contribution in [0.3, 0.4) is 0 Å². The lowest BCUT2D eigenvalue weighted by molar-refractivity contribution is -0.138. The van der Waals surface area contributed by atoms with Crippen molar-refractivity contribution in [3.8, 4) is 5.75 Å². The standard InChI is InChI=1S/C22H30N4O4/c1-23-7-10-25(11-8-23)20-19(17-3-5-18(29-2)6-4-17)21(27)26(22(20)28)12-9-24-13-15-30-16-14-24/h3-6H,7-16H2,1-2H3. The van der Waals surface area contributed by atoms with E-state index in [0.717, 1.165) is 50.6 Å². The van der Waals surface area contributed by atoms with Gasteiger partial charge in [0.25, 0.3) is 11.8 Å². The van der Waals surface area contributed by atoms with Gasteiger partial charge in [-0.25, -0.2) is 0 Å². The highest BCUT2D eigenvalue weighted by atomic mass is 16.5. The SMILES string of the molecule is COc1ccc(C2=C(N3CCN(C)CC3)C(=O)N(CCN3CCOCC3)C2=O)cc1. The van der Waals surface area contributed by atoms with Gasteiger partial charge in [0, 0.05) is 52.4 Å². The number of ether oxygens (including phenoxy) is 2. The highest BCUT2D eigenvalue weighted by Gasteiger charge is 2.42. The Morgan fingerprint density at radius 2 is 1.57 bits per heavy atom. The van der Waals surface area contributed by atoms with Crippen LogP contribution in [0, 0.1) is 0 Å². The molecule has 2 saturated heterocycles. The molecule has 162 valence electrons. The second-order valence-corrected chi connectivity index (χ2v) is 7.96. The molecule has 0 spiro atoms. The number of piperazine rings is 1. The van der Waals surface area contributed by atoms with Gasteiger partial charge in [0.2, 0.25) is 0 Å². The molecule has 2 amide bonds. The van der Waals surface area contributed by atoms with Gasteiger partial charge in [-0.3, -0.25) is 19.4 Å². The minimum atomic E-state index is -0.202. The van der Waals surface area contributed by atoms with Gasteiger partial charge >= 0.3 is 0 Å². The zero-order chi connectivity index (χ0) is 21.1. The van der Waals surface area contributed by atoms with Crippen molar-refractivity contribution in [1.82, 2.24) is 19.6 Å². The summed E-state index contributed by atoms with van der Waals surface area (Å²) in [4.78, 5) is 34.8. The Bertz CT molecular complexity index is 809. The van der Waals surface area contributed by atoms with Crippen molar-refractivity contribution < 1.29 is 19.1 Å². The summed E-state index contributed by atoms with van der Waals surface area (Å²) in [6.45, 7) is 7.35. The molecule has 1 aromatic rings. The molecule has 0 aromatic heterocycles. The zero-order valence-corrected chi connectivity index (χ0v) is 17.8. The van der Waals surface area contributed by atoms with E-state index in [4.69, 9.17) is 9.47 Å². The minimum absolute atomic E-state index is 0.177. The molecule has 0 atom stereocenters. The molecule has 8 heteroatoms. The van der Waals surface area contributed by atoms with Gasteiger partial charge in [-0.15, -0.1) is 0 Å². The molecule has 2 fully saturated rings. The van der Waals surface area contributed by atoms with E-state index in [2.05, 4.69) is 21.7 Å². The Hall–Kier alpha value is -2.42. The third-order valence-electron chi connectivity index (χ3n) is 6.09. The first-order chi connectivity index (χ1) is 14.6. The first kappa shape index (κ1) is 20.8. The maximum absolute atomic E-state index is 13.4. The van der Waals surface area contributed by atoms with Crippen LogP contribution in [-0.2, 0) is 14.3 Å². The van der Waals surface area contributed by atoms with Crippen LogP contribution < -0.4 is 4.74 Å². The van der Waals surface area contributed by atoms with E-state index in [-0.39, 0.29) is 11.8 Å². The number of carbonyl (C=O) groups excluding carboxylic acids is 2. The number of rotatable bonds is 6. The first-order valence-corrected chi connectivity index (χ1v) is 10.6. The van der Waals surface area contributed by atoms with E-state index in [1.54, 1.807) is 7.11 Å². The molecule has 0 aliphatic carbocycles. The summed E-state index contributed by atoms with van der Waals surface area (Å²) in [5.41, 5.74) is 1.81. The molecule has 3 heterocycles. The number of hydrogen-bond acceptors (Lipinski definition) is 7. The van der Waals surface area contributed by atoms with Gasteiger partial charge in [-0.05, 0) is 24.7 Å². The zero-order valence-electron chi connectivity index (χ0n) is 17.8. The maximum Gasteiger partial charge on any atom is 0.277 e. The minimum Gasteiger partial charge on any atom is -0.497 e. The predicted molar refractivity (Wildman–Crippen MR) is 113 cm³/mol. The summed E-state index contributed by atoms with van der Waals surface area (Å²) in [6, 6.07) is 7.39. The number of benzene rings is 1. The number of methoxy groups -OCH3 is 1. The van der Waals surface area contributed by atoms with Crippen LogP contribution in [-0.4, -0.2) is 111 Å². The monoisotopic (exact) mass is 414 g/mol. The van der Waals surface area contributed by atoms with E-state index in [9.17, 15) is 9.59 Å². The Kier molecular flexibility index (Phi) is 6.36. The number of carbonyl (C=O) groups is 2. The number of morpholine rings is 1. The third kappa shape index (κ3) is 4.21. The Morgan fingerprint density at radius 3 is 2.20 bits per heavy atom. The van der Waals surface area contributed by atoms with Crippen molar-refractivity contribution in [2.75, 3.05) is 79.7 Å². The summed E-state index contributed by atoms with van der Waals surface area (Å²) < 4.78 is 10.6. The molecule has 30 heavy (non-hydrogen) atoms. The quantitative estimate of drug-likeness (QED) is 0.623. The van der Waals surface area contributed by atoms with Crippen molar-refractivity contribution in [3.05, 3.63) is 35.5 Å². The number of hydrogen-bond donors (Lipinski definition) is 0. The topological polar surface area (TPSA) is 65.6 Å². The van der Waals surface area contributed by atoms with Crippen molar-refractivity contribution >= 4 is 17.4 Å². The van der Waals surface area contributed by atoms with Crippen LogP contribution in [0.15, 0.2) is 30.0 Å². The summed E-state index contributed by atoms with van der Waals surface area (Å²) >= 11 is 0. The number of imide groups is 1. The van der Waals surface area contributed by atoms with Crippen LogP contribution in [0.4, 0.5) is 0 Å². The Morgan fingerprint density at radius 1 is 0.900 bits per heavy atom. The molecule has 3 aliphatic rings. The second kappa shape index (κ2) is 9.16. The van der Waals surface area contributed by atoms with Crippen LogP contribution >= 0.6 is 0 Å². The number of likely N-dealkylation sites (N-methyl/N-ethyl adjacent to an activating group) is 1. The van der Waals surface area contributed by atoms with Crippen LogP contribution in [0.1, 0.15) is 5.56 Å². The van der Waals surface area contributed by atoms with E-state index >= 15 is 0 Å². The Labute approximate surface area is 177 Å². The van der Waals surface area contributed by atoms with Gasteiger partial charge in [-0.2, -0.15) is 0 Å². The van der Waals surface area contributed by atoms with E-state index in [1.165, 1.54) is 4.90 Å². The van der Waals surface area contributed by atoms with Gasteiger partial charge < -0.3 is 19.3 Å². The molecule has 0 saturated carbocycles. The number of amides is 2. The fourth-order valence-electron chi connectivity index (χ4n) is 4.17. The predicted octanol–water partition coefficient (Wildman–Crippen LogP) is 0.355.